The van der Waals surface area contributed by atoms with Gasteiger partial charge < -0.3 is 14.9 Å². The summed E-state index contributed by atoms with van der Waals surface area (Å²) in [6.07, 6.45) is 0.927. The van der Waals surface area contributed by atoms with Gasteiger partial charge in [0.25, 0.3) is 0 Å². The molecule has 1 unspecified atom stereocenters. The van der Waals surface area contributed by atoms with E-state index in [1.807, 2.05) is 0 Å². The van der Waals surface area contributed by atoms with E-state index >= 15 is 0 Å². The lowest BCUT2D eigenvalue weighted by atomic mass is 10.1. The molecule has 96 valence electrons. The molecule has 2 N–H and O–H groups in total. The number of ether oxygens (including phenoxy) is 1. The highest BCUT2D eigenvalue weighted by atomic mass is 16.5. The molecule has 0 fully saturated rings. The summed E-state index contributed by atoms with van der Waals surface area (Å²) in [5.74, 6) is 0.745. The van der Waals surface area contributed by atoms with Crippen molar-refractivity contribution in [2.24, 2.45) is 0 Å². The molecule has 0 amide bonds. The summed E-state index contributed by atoms with van der Waals surface area (Å²) in [7, 11) is 1.59. The zero-order chi connectivity index (χ0) is 13.0. The second-order valence-electron chi connectivity index (χ2n) is 3.88. The largest absolute Gasteiger partial charge is 0.497 e. The molecule has 18 heavy (non-hydrogen) atoms. The lowest BCUT2D eigenvalue weighted by molar-refractivity contribution is 0.150. The normalized spacial score (nSPS) is 12.4. The molecule has 1 heterocycles. The maximum atomic E-state index is 10.0. The minimum Gasteiger partial charge on any atom is -0.497 e. The molecule has 1 atom stereocenters. The first kappa shape index (κ1) is 12.5. The molecule has 2 aromatic rings. The van der Waals surface area contributed by atoms with E-state index in [0.29, 0.717) is 12.2 Å². The number of aliphatic hydroxyl groups excluding tert-OH is 2. The van der Waals surface area contributed by atoms with E-state index in [-0.39, 0.29) is 6.61 Å². The van der Waals surface area contributed by atoms with Gasteiger partial charge >= 0.3 is 0 Å². The van der Waals surface area contributed by atoms with Gasteiger partial charge in [-0.25, -0.2) is 4.68 Å². The van der Waals surface area contributed by atoms with E-state index < -0.39 is 6.10 Å². The summed E-state index contributed by atoms with van der Waals surface area (Å²) < 4.78 is 6.55. The molecule has 1 aromatic carbocycles. The molecule has 0 aliphatic carbocycles. The van der Waals surface area contributed by atoms with Crippen LogP contribution in [0.2, 0.25) is 0 Å². The van der Waals surface area contributed by atoms with Crippen LogP contribution in [0.4, 0.5) is 0 Å². The van der Waals surface area contributed by atoms with E-state index in [4.69, 9.17) is 9.84 Å². The van der Waals surface area contributed by atoms with Crippen molar-refractivity contribution in [3.05, 3.63) is 41.7 Å². The molecule has 0 spiro atoms. The average Bonchev–Trinajstić information content (AvgIpc) is 2.86. The predicted octanol–water partition coefficient (Wildman–Crippen LogP) is 0.513. The van der Waals surface area contributed by atoms with Crippen molar-refractivity contribution in [3.8, 4) is 5.75 Å². The molecule has 1 aromatic heterocycles. The molecular formula is C12H15N3O3. The highest BCUT2D eigenvalue weighted by Crippen LogP contribution is 2.18. The minimum absolute atomic E-state index is 0.154. The lowest BCUT2D eigenvalue weighted by Gasteiger charge is -2.11. The van der Waals surface area contributed by atoms with Crippen molar-refractivity contribution in [2.75, 3.05) is 7.11 Å². The maximum absolute atomic E-state index is 10.0. The number of nitrogens with zero attached hydrogens (tertiary/aromatic N) is 3. The first-order valence-corrected chi connectivity index (χ1v) is 5.55. The van der Waals surface area contributed by atoms with Gasteiger partial charge in [0.2, 0.25) is 0 Å². The fourth-order valence-electron chi connectivity index (χ4n) is 1.61. The molecule has 0 bridgehead atoms. The highest BCUT2D eigenvalue weighted by Gasteiger charge is 2.10. The van der Waals surface area contributed by atoms with E-state index in [1.54, 1.807) is 37.6 Å². The van der Waals surface area contributed by atoms with Gasteiger partial charge in [0, 0.05) is 0 Å². The van der Waals surface area contributed by atoms with Gasteiger partial charge in [-0.1, -0.05) is 17.3 Å². The van der Waals surface area contributed by atoms with Gasteiger partial charge in [-0.15, -0.1) is 5.10 Å². The number of aliphatic hydroxyl groups is 2. The second-order valence-corrected chi connectivity index (χ2v) is 3.88. The summed E-state index contributed by atoms with van der Waals surface area (Å²) in [5, 5.41) is 26.4. The van der Waals surface area contributed by atoms with Gasteiger partial charge in [0.15, 0.2) is 0 Å². The van der Waals surface area contributed by atoms with Crippen molar-refractivity contribution >= 4 is 0 Å². The van der Waals surface area contributed by atoms with Crippen LogP contribution >= 0.6 is 0 Å². The van der Waals surface area contributed by atoms with Crippen molar-refractivity contribution in [1.82, 2.24) is 15.0 Å². The smallest absolute Gasteiger partial charge is 0.118 e. The molecule has 0 saturated carbocycles. The Morgan fingerprint density at radius 1 is 1.33 bits per heavy atom. The number of methoxy groups -OCH3 is 1. The van der Waals surface area contributed by atoms with Gasteiger partial charge in [-0.05, 0) is 17.7 Å². The van der Waals surface area contributed by atoms with Gasteiger partial charge in [-0.3, -0.25) is 0 Å². The van der Waals surface area contributed by atoms with Crippen LogP contribution in [-0.4, -0.2) is 32.3 Å². The Balaban J connectivity index is 2.03. The Morgan fingerprint density at radius 2 is 2.06 bits per heavy atom. The van der Waals surface area contributed by atoms with Crippen LogP contribution in [-0.2, 0) is 13.2 Å². The Bertz CT molecular complexity index is 496. The molecule has 0 radical (unpaired) electrons. The Kier molecular flexibility index (Phi) is 3.91. The van der Waals surface area contributed by atoms with Crippen LogP contribution in [0.15, 0.2) is 30.5 Å². The minimum atomic E-state index is -0.677. The highest BCUT2D eigenvalue weighted by molar-refractivity contribution is 5.28. The third kappa shape index (κ3) is 2.85. The Hall–Kier alpha value is -1.92. The fraction of sp³-hybridized carbons (Fsp3) is 0.333. The predicted molar refractivity (Wildman–Crippen MR) is 63.9 cm³/mol. The standard InChI is InChI=1S/C12H15N3O3/c1-18-11-4-2-9(3-5-11)12(17)7-15-6-10(8-16)13-14-15/h2-6,12,16-17H,7-8H2,1H3. The summed E-state index contributed by atoms with van der Waals surface area (Å²) in [5.41, 5.74) is 1.26. The van der Waals surface area contributed by atoms with Crippen molar-refractivity contribution in [1.29, 1.82) is 0 Å². The number of rotatable bonds is 5. The fourth-order valence-corrected chi connectivity index (χ4v) is 1.61. The molecule has 0 saturated heterocycles. The summed E-state index contributed by atoms with van der Waals surface area (Å²) in [6.45, 7) is 0.137. The quantitative estimate of drug-likeness (QED) is 0.807. The molecular weight excluding hydrogens is 234 g/mol. The van der Waals surface area contributed by atoms with Crippen LogP contribution in [0.1, 0.15) is 17.4 Å². The first-order valence-electron chi connectivity index (χ1n) is 5.55. The van der Waals surface area contributed by atoms with Crippen molar-refractivity contribution in [2.45, 2.75) is 19.3 Å². The van der Waals surface area contributed by atoms with Crippen molar-refractivity contribution in [3.63, 3.8) is 0 Å². The van der Waals surface area contributed by atoms with Gasteiger partial charge in [-0.2, -0.15) is 0 Å². The zero-order valence-corrected chi connectivity index (χ0v) is 10.0. The van der Waals surface area contributed by atoms with E-state index in [1.165, 1.54) is 4.68 Å². The Labute approximate surface area is 104 Å². The van der Waals surface area contributed by atoms with Crippen LogP contribution in [0.25, 0.3) is 0 Å². The topological polar surface area (TPSA) is 80.4 Å². The third-order valence-electron chi connectivity index (χ3n) is 2.61. The summed E-state index contributed by atoms with van der Waals surface area (Å²) in [4.78, 5) is 0. The summed E-state index contributed by atoms with van der Waals surface area (Å²) in [6, 6.07) is 7.18. The van der Waals surface area contributed by atoms with Crippen LogP contribution < -0.4 is 4.74 Å². The third-order valence-corrected chi connectivity index (χ3v) is 2.61. The second kappa shape index (κ2) is 5.61. The monoisotopic (exact) mass is 249 g/mol. The number of aromatic nitrogens is 3. The average molecular weight is 249 g/mol. The maximum Gasteiger partial charge on any atom is 0.118 e. The number of hydrogen-bond donors (Lipinski definition) is 2. The van der Waals surface area contributed by atoms with Crippen LogP contribution in [0, 0.1) is 0 Å². The number of hydrogen-bond acceptors (Lipinski definition) is 5. The molecule has 6 heteroatoms. The van der Waals surface area contributed by atoms with Crippen LogP contribution in [0.3, 0.4) is 0 Å². The molecule has 0 aliphatic rings. The van der Waals surface area contributed by atoms with Gasteiger partial charge in [0.1, 0.15) is 11.4 Å². The van der Waals surface area contributed by atoms with Gasteiger partial charge in [0.05, 0.1) is 32.6 Å². The molecule has 6 nitrogen and oxygen atoms in total. The zero-order valence-electron chi connectivity index (χ0n) is 10.0. The lowest BCUT2D eigenvalue weighted by Crippen LogP contribution is -2.09. The van der Waals surface area contributed by atoms with Crippen LogP contribution in [0.5, 0.6) is 5.75 Å². The number of benzene rings is 1. The van der Waals surface area contributed by atoms with Crippen molar-refractivity contribution < 1.29 is 14.9 Å². The molecule has 0 aliphatic heterocycles. The first-order chi connectivity index (χ1) is 8.72. The Morgan fingerprint density at radius 3 is 2.61 bits per heavy atom. The SMILES string of the molecule is COc1ccc(C(O)Cn2cc(CO)nn2)cc1. The van der Waals surface area contributed by atoms with E-state index in [2.05, 4.69) is 10.3 Å². The molecule has 2 rings (SSSR count). The summed E-state index contributed by atoms with van der Waals surface area (Å²) >= 11 is 0. The van der Waals surface area contributed by atoms with E-state index in [0.717, 1.165) is 11.3 Å². The van der Waals surface area contributed by atoms with E-state index in [9.17, 15) is 5.11 Å².